The van der Waals surface area contributed by atoms with E-state index in [9.17, 15) is 0 Å². The second-order valence-corrected chi connectivity index (χ2v) is 2.55. The Morgan fingerprint density at radius 3 is 2.50 bits per heavy atom. The third-order valence-corrected chi connectivity index (χ3v) is 1.68. The summed E-state index contributed by atoms with van der Waals surface area (Å²) < 4.78 is 7.26. The van der Waals surface area contributed by atoms with E-state index in [1.807, 2.05) is 39.3 Å². The van der Waals surface area contributed by atoms with Gasteiger partial charge in [-0.2, -0.15) is 5.10 Å². The summed E-state index contributed by atoms with van der Waals surface area (Å²) in [6.07, 6.45) is 0. The Labute approximate surface area is 87.1 Å². The number of fused-ring (bicyclic) bond motifs is 1. The van der Waals surface area contributed by atoms with Crippen LogP contribution in [-0.4, -0.2) is 16.4 Å². The number of aryl methyl sites for hydroxylation is 1. The van der Waals surface area contributed by atoms with Gasteiger partial charge in [0.05, 0.1) is 31.1 Å². The Morgan fingerprint density at radius 1 is 1.29 bits per heavy atom. The van der Waals surface area contributed by atoms with Crippen LogP contribution < -0.4 is 0 Å². The summed E-state index contributed by atoms with van der Waals surface area (Å²) in [6, 6.07) is 2.07. The fraction of sp³-hybridized carbons (Fsp3) is 0.727. The molecule has 2 rings (SSSR count). The molecule has 1 aliphatic heterocycles. The van der Waals surface area contributed by atoms with E-state index in [1.165, 1.54) is 5.69 Å². The van der Waals surface area contributed by atoms with Crippen molar-refractivity contribution >= 4 is 0 Å². The van der Waals surface area contributed by atoms with Gasteiger partial charge in [-0.1, -0.05) is 27.7 Å². The Balaban J connectivity index is 0.000000379. The van der Waals surface area contributed by atoms with Crippen molar-refractivity contribution in [2.45, 2.75) is 47.8 Å². The first-order valence-electron chi connectivity index (χ1n) is 5.47. The van der Waals surface area contributed by atoms with E-state index < -0.39 is 0 Å². The van der Waals surface area contributed by atoms with Gasteiger partial charge in [-0.25, -0.2) is 0 Å². The Morgan fingerprint density at radius 2 is 1.93 bits per heavy atom. The monoisotopic (exact) mass is 198 g/mol. The molecule has 0 aromatic carbocycles. The number of nitrogens with zero attached hydrogens (tertiary/aromatic N) is 2. The molecule has 3 heteroatoms. The highest BCUT2D eigenvalue weighted by molar-refractivity contribution is 5.08. The molecule has 0 saturated carbocycles. The van der Waals surface area contributed by atoms with Crippen molar-refractivity contribution < 1.29 is 4.74 Å². The van der Waals surface area contributed by atoms with E-state index in [-0.39, 0.29) is 0 Å². The Kier molecular flexibility index (Phi) is 7.11. The van der Waals surface area contributed by atoms with E-state index >= 15 is 0 Å². The normalized spacial score (nSPS) is 12.9. The lowest BCUT2D eigenvalue weighted by molar-refractivity contribution is 0.0800. The van der Waals surface area contributed by atoms with Crippen LogP contribution in [0.4, 0.5) is 0 Å². The summed E-state index contributed by atoms with van der Waals surface area (Å²) >= 11 is 0. The van der Waals surface area contributed by atoms with Crippen LogP contribution in [0.25, 0.3) is 0 Å². The molecular formula is C11H22N2O. The molecule has 14 heavy (non-hydrogen) atoms. The summed E-state index contributed by atoms with van der Waals surface area (Å²) in [5, 5.41) is 4.29. The van der Waals surface area contributed by atoms with Gasteiger partial charge in [0.1, 0.15) is 0 Å². The van der Waals surface area contributed by atoms with Crippen LogP contribution in [0.3, 0.4) is 0 Å². The molecule has 82 valence electrons. The van der Waals surface area contributed by atoms with Gasteiger partial charge in [0.25, 0.3) is 0 Å². The van der Waals surface area contributed by atoms with Gasteiger partial charge < -0.3 is 4.74 Å². The second kappa shape index (κ2) is 7.56. The Bertz CT molecular complexity index is 220. The zero-order valence-electron chi connectivity index (χ0n) is 10.0. The highest BCUT2D eigenvalue weighted by Gasteiger charge is 2.09. The average Bonchev–Trinajstić information content (AvgIpc) is 2.64. The number of hydrogen-bond donors (Lipinski definition) is 0. The van der Waals surface area contributed by atoms with Crippen molar-refractivity contribution in [3.63, 3.8) is 0 Å². The van der Waals surface area contributed by atoms with Crippen LogP contribution in [0.2, 0.25) is 0 Å². The van der Waals surface area contributed by atoms with Crippen molar-refractivity contribution in [1.29, 1.82) is 0 Å². The molecule has 0 bridgehead atoms. The fourth-order valence-corrected chi connectivity index (χ4v) is 1.24. The zero-order valence-corrected chi connectivity index (χ0v) is 10.0. The lowest BCUT2D eigenvalue weighted by Gasteiger charge is -2.12. The van der Waals surface area contributed by atoms with Gasteiger partial charge in [0, 0.05) is 0 Å². The number of aromatic nitrogens is 2. The zero-order chi connectivity index (χ0) is 11.0. The Hall–Kier alpha value is -0.830. The standard InChI is InChI=1S/C7H10N2O.2C2H6/c1-6-4-7-5-10-3-2-9(7)8-6;2*1-2/h4H,2-3,5H2,1H3;2*1-2H3. The maximum Gasteiger partial charge on any atom is 0.0885 e. The molecule has 0 N–H and O–H groups in total. The summed E-state index contributed by atoms with van der Waals surface area (Å²) in [6.45, 7) is 12.4. The molecule has 1 aromatic rings. The van der Waals surface area contributed by atoms with Gasteiger partial charge in [-0.15, -0.1) is 0 Å². The summed E-state index contributed by atoms with van der Waals surface area (Å²) in [7, 11) is 0. The minimum absolute atomic E-state index is 0.723. The number of hydrogen-bond acceptors (Lipinski definition) is 2. The van der Waals surface area contributed by atoms with Gasteiger partial charge in [-0.3, -0.25) is 4.68 Å². The van der Waals surface area contributed by atoms with Crippen LogP contribution in [0.1, 0.15) is 39.1 Å². The maximum absolute atomic E-state index is 5.25. The summed E-state index contributed by atoms with van der Waals surface area (Å²) in [5.74, 6) is 0. The molecule has 0 saturated heterocycles. The van der Waals surface area contributed by atoms with Gasteiger partial charge in [0.15, 0.2) is 0 Å². The summed E-state index contributed by atoms with van der Waals surface area (Å²) in [4.78, 5) is 0. The third-order valence-electron chi connectivity index (χ3n) is 1.68. The summed E-state index contributed by atoms with van der Waals surface area (Å²) in [5.41, 5.74) is 2.28. The highest BCUT2D eigenvalue weighted by atomic mass is 16.5. The van der Waals surface area contributed by atoms with Crippen LogP contribution in [0.5, 0.6) is 0 Å². The SMILES string of the molecule is CC.CC.Cc1cc2n(n1)CCOC2. The molecule has 0 radical (unpaired) electrons. The van der Waals surface area contributed by atoms with Crippen LogP contribution in [-0.2, 0) is 17.9 Å². The first-order chi connectivity index (χ1) is 6.86. The molecule has 0 aliphatic carbocycles. The minimum Gasteiger partial charge on any atom is -0.373 e. The van der Waals surface area contributed by atoms with Crippen LogP contribution >= 0.6 is 0 Å². The average molecular weight is 198 g/mol. The highest BCUT2D eigenvalue weighted by Crippen LogP contribution is 2.09. The van der Waals surface area contributed by atoms with Crippen molar-refractivity contribution in [3.8, 4) is 0 Å². The lowest BCUT2D eigenvalue weighted by atomic mass is 10.4. The molecule has 1 aromatic heterocycles. The smallest absolute Gasteiger partial charge is 0.0885 e. The predicted molar refractivity (Wildman–Crippen MR) is 59.3 cm³/mol. The molecule has 0 atom stereocenters. The maximum atomic E-state index is 5.25. The van der Waals surface area contributed by atoms with Crippen molar-refractivity contribution in [2.24, 2.45) is 0 Å². The van der Waals surface area contributed by atoms with Crippen LogP contribution in [0.15, 0.2) is 6.07 Å². The molecule has 2 heterocycles. The molecule has 0 unspecified atom stereocenters. The molecule has 0 fully saturated rings. The first kappa shape index (κ1) is 13.2. The molecule has 0 spiro atoms. The van der Waals surface area contributed by atoms with Crippen molar-refractivity contribution in [2.75, 3.05) is 6.61 Å². The van der Waals surface area contributed by atoms with Gasteiger partial charge in [-0.05, 0) is 13.0 Å². The quantitative estimate of drug-likeness (QED) is 0.641. The van der Waals surface area contributed by atoms with Gasteiger partial charge in [0.2, 0.25) is 0 Å². The van der Waals surface area contributed by atoms with Crippen LogP contribution in [0, 0.1) is 6.92 Å². The minimum atomic E-state index is 0.723. The molecular weight excluding hydrogens is 176 g/mol. The van der Waals surface area contributed by atoms with E-state index in [2.05, 4.69) is 11.2 Å². The number of rotatable bonds is 0. The first-order valence-corrected chi connectivity index (χ1v) is 5.47. The third kappa shape index (κ3) is 3.50. The molecule has 1 aliphatic rings. The lowest BCUT2D eigenvalue weighted by Crippen LogP contribution is -2.16. The second-order valence-electron chi connectivity index (χ2n) is 2.55. The van der Waals surface area contributed by atoms with E-state index in [4.69, 9.17) is 4.74 Å². The van der Waals surface area contributed by atoms with E-state index in [0.717, 1.165) is 25.5 Å². The topological polar surface area (TPSA) is 27.1 Å². The fourth-order valence-electron chi connectivity index (χ4n) is 1.24. The molecule has 3 nitrogen and oxygen atoms in total. The van der Waals surface area contributed by atoms with Crippen molar-refractivity contribution in [1.82, 2.24) is 9.78 Å². The number of ether oxygens (including phenoxy) is 1. The van der Waals surface area contributed by atoms with Crippen molar-refractivity contribution in [3.05, 3.63) is 17.5 Å². The molecule has 0 amide bonds. The van der Waals surface area contributed by atoms with E-state index in [1.54, 1.807) is 0 Å². The largest absolute Gasteiger partial charge is 0.373 e. The van der Waals surface area contributed by atoms with E-state index in [0.29, 0.717) is 0 Å². The predicted octanol–water partition coefficient (Wildman–Crippen LogP) is 2.77. The van der Waals surface area contributed by atoms with Gasteiger partial charge >= 0.3 is 0 Å².